The number of nitrogens with one attached hydrogen (secondary N) is 3. The van der Waals surface area contributed by atoms with E-state index in [2.05, 4.69) is 16.0 Å². The topological polar surface area (TPSA) is 137 Å². The molecule has 1 unspecified atom stereocenters. The first-order valence-corrected chi connectivity index (χ1v) is 13.2. The minimum Gasteiger partial charge on any atom is -0.497 e. The van der Waals surface area contributed by atoms with Crippen molar-refractivity contribution in [2.45, 2.75) is 64.0 Å². The fraction of sp³-hybridized carbons (Fsp3) is 0.630. The number of aliphatic carboxylic acids is 1. The van der Waals surface area contributed by atoms with E-state index in [0.717, 1.165) is 37.9 Å². The van der Waals surface area contributed by atoms with Gasteiger partial charge in [-0.25, -0.2) is 0 Å². The Labute approximate surface area is 218 Å². The molecule has 1 aromatic carbocycles. The molecular formula is C27H40N4O6. The molecule has 3 rings (SSSR count). The number of carbonyl (C=O) groups is 4. The maximum Gasteiger partial charge on any atom is 0.307 e. The van der Waals surface area contributed by atoms with E-state index >= 15 is 0 Å². The first kappa shape index (κ1) is 28.4. The number of hydrogen-bond donors (Lipinski definition) is 4. The van der Waals surface area contributed by atoms with Crippen LogP contribution in [0.1, 0.15) is 63.4 Å². The van der Waals surface area contributed by atoms with E-state index in [1.807, 2.05) is 0 Å². The van der Waals surface area contributed by atoms with Crippen LogP contribution in [0.3, 0.4) is 0 Å². The number of piperidine rings is 2. The number of carboxylic acid groups (broad SMARTS) is 1. The number of hydrogen-bond acceptors (Lipinski definition) is 6. The Morgan fingerprint density at radius 3 is 2.46 bits per heavy atom. The molecule has 37 heavy (non-hydrogen) atoms. The van der Waals surface area contributed by atoms with Gasteiger partial charge in [0.25, 0.3) is 0 Å². The molecule has 2 heterocycles. The molecule has 204 valence electrons. The quantitative estimate of drug-likeness (QED) is 0.330. The Balaban J connectivity index is 1.53. The largest absolute Gasteiger partial charge is 0.497 e. The molecule has 2 aliphatic rings. The standard InChI is InChI=1S/C27H40N4O6/c1-18(20-6-8-22(37-2)9-7-20)26(35)29-23(16-25(33)34)30-27(36)21-4-3-15-31(17-21)24(32)10-5-19-11-13-28-14-12-19/h6-9,18-19,21,23,28H,3-5,10-17H2,1-2H3,(H,29,35)(H,30,36)(H,33,34)/t18?,21-,23+/m1/s1. The van der Waals surface area contributed by atoms with Gasteiger partial charge in [0.15, 0.2) is 0 Å². The molecule has 2 aliphatic heterocycles. The number of likely N-dealkylation sites (tertiary alicyclic amines) is 1. The molecular weight excluding hydrogens is 476 g/mol. The Morgan fingerprint density at radius 1 is 1.11 bits per heavy atom. The van der Waals surface area contributed by atoms with Gasteiger partial charge in [0.1, 0.15) is 11.9 Å². The lowest BCUT2D eigenvalue weighted by atomic mass is 9.92. The van der Waals surface area contributed by atoms with E-state index in [9.17, 15) is 24.3 Å². The molecule has 3 atom stereocenters. The predicted molar refractivity (Wildman–Crippen MR) is 138 cm³/mol. The van der Waals surface area contributed by atoms with Gasteiger partial charge in [-0.3, -0.25) is 19.2 Å². The molecule has 10 heteroatoms. The van der Waals surface area contributed by atoms with Crippen LogP contribution in [0.2, 0.25) is 0 Å². The van der Waals surface area contributed by atoms with E-state index in [0.29, 0.717) is 44.0 Å². The lowest BCUT2D eigenvalue weighted by Crippen LogP contribution is -2.53. The molecule has 10 nitrogen and oxygen atoms in total. The van der Waals surface area contributed by atoms with Gasteiger partial charge in [-0.1, -0.05) is 12.1 Å². The second-order valence-electron chi connectivity index (χ2n) is 10.1. The van der Waals surface area contributed by atoms with Crippen LogP contribution < -0.4 is 20.7 Å². The van der Waals surface area contributed by atoms with E-state index < -0.39 is 36.3 Å². The average molecular weight is 517 g/mol. The second-order valence-corrected chi connectivity index (χ2v) is 10.1. The predicted octanol–water partition coefficient (Wildman–Crippen LogP) is 1.85. The smallest absolute Gasteiger partial charge is 0.307 e. The Bertz CT molecular complexity index is 931. The molecule has 0 saturated carbocycles. The van der Waals surface area contributed by atoms with Crippen molar-refractivity contribution in [1.82, 2.24) is 20.9 Å². The van der Waals surface area contributed by atoms with Gasteiger partial charge in [0, 0.05) is 19.5 Å². The van der Waals surface area contributed by atoms with Crippen LogP contribution in [0.25, 0.3) is 0 Å². The minimum atomic E-state index is -1.14. The van der Waals surface area contributed by atoms with Gasteiger partial charge in [-0.15, -0.1) is 0 Å². The number of carbonyl (C=O) groups excluding carboxylic acids is 3. The minimum absolute atomic E-state index is 0.0692. The monoisotopic (exact) mass is 516 g/mol. The van der Waals surface area contributed by atoms with E-state index in [1.165, 1.54) is 0 Å². The molecule has 4 N–H and O–H groups in total. The summed E-state index contributed by atoms with van der Waals surface area (Å²) in [4.78, 5) is 51.9. The highest BCUT2D eigenvalue weighted by molar-refractivity contribution is 5.86. The Kier molecular flexibility index (Phi) is 10.7. The van der Waals surface area contributed by atoms with Crippen LogP contribution >= 0.6 is 0 Å². The molecule has 0 radical (unpaired) electrons. The van der Waals surface area contributed by atoms with Gasteiger partial charge < -0.3 is 30.7 Å². The van der Waals surface area contributed by atoms with Crippen molar-refractivity contribution in [2.75, 3.05) is 33.3 Å². The number of carboxylic acids is 1. The van der Waals surface area contributed by atoms with Crippen molar-refractivity contribution >= 4 is 23.7 Å². The molecule has 2 saturated heterocycles. The van der Waals surface area contributed by atoms with E-state index in [1.54, 1.807) is 43.2 Å². The fourth-order valence-corrected chi connectivity index (χ4v) is 5.02. The Morgan fingerprint density at radius 2 is 1.81 bits per heavy atom. The Hall–Kier alpha value is -3.14. The lowest BCUT2D eigenvalue weighted by Gasteiger charge is -2.33. The van der Waals surface area contributed by atoms with Crippen molar-refractivity contribution < 1.29 is 29.0 Å². The van der Waals surface area contributed by atoms with E-state index in [-0.39, 0.29) is 11.8 Å². The third-order valence-electron chi connectivity index (χ3n) is 7.39. The van der Waals surface area contributed by atoms with Crippen LogP contribution in [0.4, 0.5) is 0 Å². The van der Waals surface area contributed by atoms with Crippen LogP contribution in [0, 0.1) is 11.8 Å². The summed E-state index contributed by atoms with van der Waals surface area (Å²) in [6, 6.07) is 7.04. The number of benzene rings is 1. The van der Waals surface area contributed by atoms with Crippen LogP contribution in [0.5, 0.6) is 5.75 Å². The summed E-state index contributed by atoms with van der Waals surface area (Å²) in [6.07, 6.45) is 3.36. The fourth-order valence-electron chi connectivity index (χ4n) is 5.02. The maximum absolute atomic E-state index is 13.0. The molecule has 0 bridgehead atoms. The number of nitrogens with zero attached hydrogens (tertiary/aromatic N) is 1. The number of ether oxygens (including phenoxy) is 1. The summed E-state index contributed by atoms with van der Waals surface area (Å²) in [5.74, 6) is -1.57. The van der Waals surface area contributed by atoms with Crippen molar-refractivity contribution in [3.63, 3.8) is 0 Å². The normalized spacial score (nSPS) is 19.9. The van der Waals surface area contributed by atoms with Crippen molar-refractivity contribution in [3.8, 4) is 5.75 Å². The SMILES string of the molecule is COc1ccc(C(C)C(=O)N[C@H](CC(=O)O)NC(=O)[C@@H]2CCCN(C(=O)CCC3CCNCC3)C2)cc1. The van der Waals surface area contributed by atoms with Crippen LogP contribution in [0.15, 0.2) is 24.3 Å². The van der Waals surface area contributed by atoms with E-state index in [4.69, 9.17) is 4.74 Å². The van der Waals surface area contributed by atoms with Gasteiger partial charge in [0.2, 0.25) is 17.7 Å². The zero-order chi connectivity index (χ0) is 26.8. The summed E-state index contributed by atoms with van der Waals surface area (Å²) < 4.78 is 5.14. The highest BCUT2D eigenvalue weighted by Gasteiger charge is 2.31. The average Bonchev–Trinajstić information content (AvgIpc) is 2.91. The summed E-state index contributed by atoms with van der Waals surface area (Å²) in [6.45, 7) is 4.65. The maximum atomic E-state index is 13.0. The summed E-state index contributed by atoms with van der Waals surface area (Å²) in [5, 5.41) is 18.0. The van der Waals surface area contributed by atoms with Gasteiger partial charge in [0.05, 0.1) is 25.4 Å². The van der Waals surface area contributed by atoms with Gasteiger partial charge in [-0.05, 0) is 75.7 Å². The van der Waals surface area contributed by atoms with Gasteiger partial charge in [-0.2, -0.15) is 0 Å². The zero-order valence-electron chi connectivity index (χ0n) is 21.8. The molecule has 0 aliphatic carbocycles. The van der Waals surface area contributed by atoms with Gasteiger partial charge >= 0.3 is 5.97 Å². The molecule has 1 aromatic rings. The van der Waals surface area contributed by atoms with Crippen LogP contribution in [-0.4, -0.2) is 73.2 Å². The molecule has 0 aromatic heterocycles. The lowest BCUT2D eigenvalue weighted by molar-refractivity contribution is -0.138. The van der Waals surface area contributed by atoms with Crippen LogP contribution in [-0.2, 0) is 19.2 Å². The molecule has 3 amide bonds. The number of amides is 3. The third kappa shape index (κ3) is 8.73. The highest BCUT2D eigenvalue weighted by Crippen LogP contribution is 2.22. The molecule has 2 fully saturated rings. The summed E-state index contributed by atoms with van der Waals surface area (Å²) in [5.41, 5.74) is 0.740. The second kappa shape index (κ2) is 14.0. The summed E-state index contributed by atoms with van der Waals surface area (Å²) in [7, 11) is 1.56. The first-order chi connectivity index (χ1) is 17.8. The molecule has 0 spiro atoms. The van der Waals surface area contributed by atoms with Crippen molar-refractivity contribution in [1.29, 1.82) is 0 Å². The zero-order valence-corrected chi connectivity index (χ0v) is 21.8. The van der Waals surface area contributed by atoms with Crippen molar-refractivity contribution in [2.24, 2.45) is 11.8 Å². The first-order valence-electron chi connectivity index (χ1n) is 13.2. The number of methoxy groups -OCH3 is 1. The third-order valence-corrected chi connectivity index (χ3v) is 7.39. The summed E-state index contributed by atoms with van der Waals surface area (Å²) >= 11 is 0. The number of rotatable bonds is 11. The highest BCUT2D eigenvalue weighted by atomic mass is 16.5. The van der Waals surface area contributed by atoms with Crippen molar-refractivity contribution in [3.05, 3.63) is 29.8 Å².